The van der Waals surface area contributed by atoms with Gasteiger partial charge >= 0.3 is 0 Å². The van der Waals surface area contributed by atoms with Crippen molar-refractivity contribution in [3.05, 3.63) is 82.2 Å². The van der Waals surface area contributed by atoms with Crippen LogP contribution in [0.1, 0.15) is 33.4 Å². The van der Waals surface area contributed by atoms with Gasteiger partial charge in [-0.25, -0.2) is 0 Å². The lowest BCUT2D eigenvalue weighted by molar-refractivity contribution is 0.931. The van der Waals surface area contributed by atoms with Crippen LogP contribution in [0.5, 0.6) is 0 Å². The van der Waals surface area contributed by atoms with E-state index in [4.69, 9.17) is 0 Å². The lowest BCUT2D eigenvalue weighted by Gasteiger charge is -2.12. The Morgan fingerprint density at radius 1 is 0.654 bits per heavy atom. The number of hydrogen-bond acceptors (Lipinski definition) is 2. The van der Waals surface area contributed by atoms with Crippen LogP contribution in [0.4, 0.5) is 0 Å². The van der Waals surface area contributed by atoms with Gasteiger partial charge in [-0.05, 0) is 80.5 Å². The number of pyridine rings is 2. The Labute approximate surface area is 154 Å². The molecule has 0 amide bonds. The molecule has 0 spiro atoms. The molecule has 26 heavy (non-hydrogen) atoms. The van der Waals surface area contributed by atoms with Gasteiger partial charge in [-0.15, -0.1) is 0 Å². The van der Waals surface area contributed by atoms with E-state index in [-0.39, 0.29) is 0 Å². The van der Waals surface area contributed by atoms with Crippen molar-refractivity contribution in [2.75, 3.05) is 0 Å². The predicted molar refractivity (Wildman–Crippen MR) is 110 cm³/mol. The SMILES string of the molecule is Cc1cc(C)c(CCc2cnc3cnc4cc(C)ccc4c3c2)c(C)c1. The van der Waals surface area contributed by atoms with E-state index in [9.17, 15) is 0 Å². The standard InChI is InChI=1S/C24H24N2/c1-15-5-7-21-22-12-19(13-25-24(22)14-26-23(21)11-15)6-8-20-17(3)9-16(2)10-18(20)4/h5,7,9-14H,6,8H2,1-4H3. The maximum Gasteiger partial charge on any atom is 0.0891 e. The van der Waals surface area contributed by atoms with Crippen molar-refractivity contribution >= 4 is 21.8 Å². The quantitative estimate of drug-likeness (QED) is 0.440. The van der Waals surface area contributed by atoms with Crippen LogP contribution in [0.15, 0.2) is 48.8 Å². The number of nitrogens with zero attached hydrogens (tertiary/aromatic N) is 2. The van der Waals surface area contributed by atoms with Gasteiger partial charge in [0.15, 0.2) is 0 Å². The molecule has 0 aliphatic carbocycles. The summed E-state index contributed by atoms with van der Waals surface area (Å²) >= 11 is 0. The van der Waals surface area contributed by atoms with Crippen molar-refractivity contribution in [3.8, 4) is 0 Å². The first-order valence-corrected chi connectivity index (χ1v) is 9.22. The summed E-state index contributed by atoms with van der Waals surface area (Å²) in [6.45, 7) is 8.70. The highest BCUT2D eigenvalue weighted by Crippen LogP contribution is 2.25. The molecule has 2 aromatic carbocycles. The third kappa shape index (κ3) is 3.08. The van der Waals surface area contributed by atoms with Crippen LogP contribution in [0.2, 0.25) is 0 Å². The summed E-state index contributed by atoms with van der Waals surface area (Å²) in [5.74, 6) is 0. The van der Waals surface area contributed by atoms with Crippen LogP contribution >= 0.6 is 0 Å². The Balaban J connectivity index is 1.70. The van der Waals surface area contributed by atoms with Gasteiger partial charge in [-0.3, -0.25) is 9.97 Å². The first-order chi connectivity index (χ1) is 12.5. The summed E-state index contributed by atoms with van der Waals surface area (Å²) in [5.41, 5.74) is 10.1. The molecule has 0 bridgehead atoms. The molecule has 0 aliphatic heterocycles. The Morgan fingerprint density at radius 2 is 1.38 bits per heavy atom. The van der Waals surface area contributed by atoms with E-state index in [1.165, 1.54) is 44.2 Å². The third-order valence-electron chi connectivity index (χ3n) is 5.25. The normalized spacial score (nSPS) is 11.4. The second kappa shape index (κ2) is 6.53. The fraction of sp³-hybridized carbons (Fsp3) is 0.250. The molecular weight excluding hydrogens is 316 g/mol. The Kier molecular flexibility index (Phi) is 4.20. The Morgan fingerprint density at radius 3 is 2.15 bits per heavy atom. The number of aromatic nitrogens is 2. The van der Waals surface area contributed by atoms with Gasteiger partial charge in [0.1, 0.15) is 0 Å². The van der Waals surface area contributed by atoms with Gasteiger partial charge in [0.2, 0.25) is 0 Å². The smallest absolute Gasteiger partial charge is 0.0891 e. The van der Waals surface area contributed by atoms with Crippen LogP contribution < -0.4 is 0 Å². The molecule has 4 rings (SSSR count). The summed E-state index contributed by atoms with van der Waals surface area (Å²) in [4.78, 5) is 9.22. The average Bonchev–Trinajstić information content (AvgIpc) is 2.60. The molecule has 0 N–H and O–H groups in total. The van der Waals surface area contributed by atoms with Gasteiger partial charge in [-0.1, -0.05) is 29.8 Å². The van der Waals surface area contributed by atoms with Crippen molar-refractivity contribution in [1.82, 2.24) is 9.97 Å². The van der Waals surface area contributed by atoms with E-state index in [0.29, 0.717) is 0 Å². The van der Waals surface area contributed by atoms with Crippen LogP contribution in [0, 0.1) is 27.7 Å². The topological polar surface area (TPSA) is 25.8 Å². The first-order valence-electron chi connectivity index (χ1n) is 9.22. The molecule has 4 aromatic rings. The molecule has 2 aromatic heterocycles. The monoisotopic (exact) mass is 340 g/mol. The fourth-order valence-corrected chi connectivity index (χ4v) is 3.95. The summed E-state index contributed by atoms with van der Waals surface area (Å²) < 4.78 is 0. The van der Waals surface area contributed by atoms with Gasteiger partial charge < -0.3 is 0 Å². The van der Waals surface area contributed by atoms with Crippen molar-refractivity contribution in [2.45, 2.75) is 40.5 Å². The second-order valence-corrected chi connectivity index (χ2v) is 7.43. The summed E-state index contributed by atoms with van der Waals surface area (Å²) in [7, 11) is 0. The fourth-order valence-electron chi connectivity index (χ4n) is 3.95. The molecule has 0 saturated carbocycles. The number of benzene rings is 2. The summed E-state index contributed by atoms with van der Waals surface area (Å²) in [5, 5.41) is 2.38. The number of rotatable bonds is 3. The van der Waals surface area contributed by atoms with Crippen LogP contribution in [-0.2, 0) is 12.8 Å². The van der Waals surface area contributed by atoms with Crippen molar-refractivity contribution in [3.63, 3.8) is 0 Å². The highest BCUT2D eigenvalue weighted by atomic mass is 14.7. The zero-order chi connectivity index (χ0) is 18.3. The molecule has 2 heteroatoms. The minimum atomic E-state index is 0.966. The number of aryl methyl sites for hydroxylation is 5. The maximum absolute atomic E-state index is 4.66. The van der Waals surface area contributed by atoms with Crippen molar-refractivity contribution in [1.29, 1.82) is 0 Å². The molecular formula is C24H24N2. The summed E-state index contributed by atoms with van der Waals surface area (Å²) in [6.07, 6.45) is 5.94. The highest BCUT2D eigenvalue weighted by molar-refractivity contribution is 6.04. The molecule has 0 fully saturated rings. The lowest BCUT2D eigenvalue weighted by Crippen LogP contribution is -1.99. The molecule has 0 saturated heterocycles. The average molecular weight is 340 g/mol. The molecule has 2 heterocycles. The van der Waals surface area contributed by atoms with Gasteiger partial charge in [0, 0.05) is 17.0 Å². The molecule has 0 radical (unpaired) electrons. The van der Waals surface area contributed by atoms with Gasteiger partial charge in [0.25, 0.3) is 0 Å². The predicted octanol–water partition coefficient (Wildman–Crippen LogP) is 5.80. The van der Waals surface area contributed by atoms with Crippen molar-refractivity contribution < 1.29 is 0 Å². The van der Waals surface area contributed by atoms with Crippen LogP contribution in [-0.4, -0.2) is 9.97 Å². The largest absolute Gasteiger partial charge is 0.254 e. The van der Waals surface area contributed by atoms with E-state index in [1.54, 1.807) is 0 Å². The lowest BCUT2D eigenvalue weighted by atomic mass is 9.94. The van der Waals surface area contributed by atoms with E-state index in [2.05, 4.69) is 74.1 Å². The van der Waals surface area contributed by atoms with E-state index in [1.807, 2.05) is 12.4 Å². The van der Waals surface area contributed by atoms with Gasteiger partial charge in [0.05, 0.1) is 17.2 Å². The number of fused-ring (bicyclic) bond motifs is 3. The molecule has 2 nitrogen and oxygen atoms in total. The Hall–Kier alpha value is -2.74. The van der Waals surface area contributed by atoms with Crippen LogP contribution in [0.25, 0.3) is 21.8 Å². The third-order valence-corrected chi connectivity index (χ3v) is 5.25. The number of hydrogen-bond donors (Lipinski definition) is 0. The van der Waals surface area contributed by atoms with Crippen molar-refractivity contribution in [2.24, 2.45) is 0 Å². The minimum Gasteiger partial charge on any atom is -0.254 e. The van der Waals surface area contributed by atoms with E-state index in [0.717, 1.165) is 23.9 Å². The van der Waals surface area contributed by atoms with E-state index >= 15 is 0 Å². The Bertz CT molecular complexity index is 1100. The zero-order valence-corrected chi connectivity index (χ0v) is 15.9. The first kappa shape index (κ1) is 16.7. The molecule has 130 valence electrons. The highest BCUT2D eigenvalue weighted by Gasteiger charge is 2.07. The van der Waals surface area contributed by atoms with Gasteiger partial charge in [-0.2, -0.15) is 0 Å². The molecule has 0 aliphatic rings. The van der Waals surface area contributed by atoms with Crippen LogP contribution in [0.3, 0.4) is 0 Å². The molecule has 0 unspecified atom stereocenters. The second-order valence-electron chi connectivity index (χ2n) is 7.43. The maximum atomic E-state index is 4.66. The van der Waals surface area contributed by atoms with E-state index < -0.39 is 0 Å². The minimum absolute atomic E-state index is 0.966. The summed E-state index contributed by atoms with van der Waals surface area (Å²) in [6, 6.07) is 13.3. The molecule has 0 atom stereocenters. The zero-order valence-electron chi connectivity index (χ0n) is 15.9.